The molecule has 0 spiro atoms. The monoisotopic (exact) mass is 308 g/mol. The molecule has 0 aliphatic carbocycles. The highest BCUT2D eigenvalue weighted by molar-refractivity contribution is 7.89. The van der Waals surface area contributed by atoms with Gasteiger partial charge in [-0.25, -0.2) is 8.42 Å². The molecule has 1 aromatic heterocycles. The molecule has 1 amide bonds. The number of H-pyrrole nitrogens is 1. The summed E-state index contributed by atoms with van der Waals surface area (Å²) in [6.07, 6.45) is 2.94. The minimum atomic E-state index is -3.68. The maximum absolute atomic E-state index is 12.3. The fraction of sp³-hybridized carbons (Fsp3) is 0.231. The minimum absolute atomic E-state index is 0.159. The van der Waals surface area contributed by atoms with Crippen LogP contribution in [0.1, 0.15) is 5.56 Å². The van der Waals surface area contributed by atoms with Gasteiger partial charge >= 0.3 is 0 Å². The van der Waals surface area contributed by atoms with Gasteiger partial charge in [-0.2, -0.15) is 9.40 Å². The number of hydrogen-bond acceptors (Lipinski definition) is 4. The second-order valence-corrected chi connectivity index (χ2v) is 6.65. The van der Waals surface area contributed by atoms with Gasteiger partial charge in [0.2, 0.25) is 15.9 Å². The van der Waals surface area contributed by atoms with Crippen LogP contribution in [0.5, 0.6) is 0 Å². The van der Waals surface area contributed by atoms with E-state index in [9.17, 15) is 13.2 Å². The first-order chi connectivity index (χ1) is 9.89. The zero-order valence-electron chi connectivity index (χ0n) is 11.7. The number of carbonyl (C=O) groups is 1. The number of hydrogen-bond donors (Lipinski definition) is 2. The van der Waals surface area contributed by atoms with Crippen LogP contribution >= 0.6 is 0 Å². The van der Waals surface area contributed by atoms with Crippen LogP contribution in [0.25, 0.3) is 0 Å². The highest BCUT2D eigenvalue weighted by Crippen LogP contribution is 2.15. The number of likely N-dealkylation sites (N-methyl/N-ethyl adjacent to an activating group) is 1. The first-order valence-corrected chi connectivity index (χ1v) is 7.65. The van der Waals surface area contributed by atoms with Crippen molar-refractivity contribution in [1.82, 2.24) is 14.5 Å². The van der Waals surface area contributed by atoms with Gasteiger partial charge in [0, 0.05) is 13.2 Å². The quantitative estimate of drug-likeness (QED) is 0.860. The highest BCUT2D eigenvalue weighted by atomic mass is 32.2. The zero-order valence-corrected chi connectivity index (χ0v) is 12.5. The maximum atomic E-state index is 12.3. The van der Waals surface area contributed by atoms with E-state index >= 15 is 0 Å². The van der Waals surface area contributed by atoms with Crippen LogP contribution in [-0.2, 0) is 14.8 Å². The number of sulfonamides is 1. The molecule has 7 nitrogen and oxygen atoms in total. The molecule has 0 saturated carbocycles. The third-order valence-electron chi connectivity index (χ3n) is 2.88. The number of benzene rings is 1. The number of aryl methyl sites for hydroxylation is 1. The molecule has 2 aromatic rings. The number of rotatable bonds is 5. The summed E-state index contributed by atoms with van der Waals surface area (Å²) in [5.74, 6) is -0.436. The smallest absolute Gasteiger partial charge is 0.243 e. The normalized spacial score (nSPS) is 11.6. The van der Waals surface area contributed by atoms with Crippen molar-refractivity contribution in [3.63, 3.8) is 0 Å². The van der Waals surface area contributed by atoms with Crippen LogP contribution in [0.4, 0.5) is 5.69 Å². The molecular formula is C13H16N4O3S. The molecule has 0 aliphatic rings. The molecule has 0 fully saturated rings. The van der Waals surface area contributed by atoms with E-state index in [4.69, 9.17) is 0 Å². The fourth-order valence-corrected chi connectivity index (χ4v) is 2.82. The Hall–Kier alpha value is -2.19. The van der Waals surface area contributed by atoms with Gasteiger partial charge in [0.25, 0.3) is 0 Å². The van der Waals surface area contributed by atoms with Crippen molar-refractivity contribution in [3.8, 4) is 0 Å². The molecule has 0 atom stereocenters. The third kappa shape index (κ3) is 3.67. The molecule has 1 aromatic carbocycles. The number of amides is 1. The standard InChI is InChI=1S/C13H16N4O3S/c1-10-3-5-12(6-4-10)21(19,20)17(2)9-13(18)16-11-7-14-15-8-11/h3-8H,9H2,1-2H3,(H,14,15)(H,16,18). The van der Waals surface area contributed by atoms with Crippen LogP contribution in [-0.4, -0.2) is 42.4 Å². The third-order valence-corrected chi connectivity index (χ3v) is 4.70. The van der Waals surface area contributed by atoms with Crippen molar-refractivity contribution in [2.45, 2.75) is 11.8 Å². The molecule has 2 N–H and O–H groups in total. The van der Waals surface area contributed by atoms with Crippen molar-refractivity contribution >= 4 is 21.6 Å². The van der Waals surface area contributed by atoms with Crippen molar-refractivity contribution in [2.75, 3.05) is 18.9 Å². The van der Waals surface area contributed by atoms with Crippen molar-refractivity contribution in [1.29, 1.82) is 0 Å². The van der Waals surface area contributed by atoms with Crippen molar-refractivity contribution < 1.29 is 13.2 Å². The second-order valence-electron chi connectivity index (χ2n) is 4.61. The lowest BCUT2D eigenvalue weighted by Crippen LogP contribution is -2.34. The highest BCUT2D eigenvalue weighted by Gasteiger charge is 2.22. The maximum Gasteiger partial charge on any atom is 0.243 e. The Morgan fingerprint density at radius 3 is 2.57 bits per heavy atom. The molecule has 1 heterocycles. The average molecular weight is 308 g/mol. The fourth-order valence-electron chi connectivity index (χ4n) is 1.70. The van der Waals surface area contributed by atoms with Crippen LogP contribution < -0.4 is 5.32 Å². The van der Waals surface area contributed by atoms with Crippen LogP contribution in [0.3, 0.4) is 0 Å². The van der Waals surface area contributed by atoms with Gasteiger partial charge < -0.3 is 5.32 Å². The topological polar surface area (TPSA) is 95.2 Å². The van der Waals surface area contributed by atoms with Crippen molar-refractivity contribution in [3.05, 3.63) is 42.2 Å². The molecular weight excluding hydrogens is 292 g/mol. The van der Waals surface area contributed by atoms with Crippen LogP contribution in [0.2, 0.25) is 0 Å². The Labute approximate surface area is 123 Å². The number of carbonyl (C=O) groups excluding carboxylic acids is 1. The Morgan fingerprint density at radius 1 is 1.33 bits per heavy atom. The SMILES string of the molecule is Cc1ccc(S(=O)(=O)N(C)CC(=O)Nc2cn[nH]c2)cc1. The summed E-state index contributed by atoms with van der Waals surface area (Å²) in [6.45, 7) is 1.60. The number of nitrogens with zero attached hydrogens (tertiary/aromatic N) is 2. The first kappa shape index (κ1) is 15.2. The van der Waals surface area contributed by atoms with Gasteiger partial charge in [-0.05, 0) is 19.1 Å². The Balaban J connectivity index is 2.06. The summed E-state index contributed by atoms with van der Waals surface area (Å²) in [5, 5.41) is 8.79. The number of anilines is 1. The van der Waals surface area contributed by atoms with E-state index in [1.807, 2.05) is 6.92 Å². The number of nitrogens with one attached hydrogen (secondary N) is 2. The molecule has 21 heavy (non-hydrogen) atoms. The molecule has 2 rings (SSSR count). The second kappa shape index (κ2) is 6.06. The lowest BCUT2D eigenvalue weighted by atomic mass is 10.2. The zero-order chi connectivity index (χ0) is 15.5. The van der Waals surface area contributed by atoms with Gasteiger partial charge in [-0.3, -0.25) is 9.89 Å². The van der Waals surface area contributed by atoms with E-state index in [1.54, 1.807) is 12.1 Å². The van der Waals surface area contributed by atoms with Gasteiger partial charge in [0.1, 0.15) is 0 Å². The largest absolute Gasteiger partial charge is 0.322 e. The Bertz CT molecular complexity index is 708. The first-order valence-electron chi connectivity index (χ1n) is 6.21. The molecule has 0 aliphatic heterocycles. The Morgan fingerprint density at radius 2 is 2.00 bits per heavy atom. The van der Waals surface area contributed by atoms with E-state index < -0.39 is 15.9 Å². The van der Waals surface area contributed by atoms with Crippen LogP contribution in [0, 0.1) is 6.92 Å². The van der Waals surface area contributed by atoms with Gasteiger partial charge in [-0.1, -0.05) is 17.7 Å². The lowest BCUT2D eigenvalue weighted by Gasteiger charge is -2.16. The van der Waals surface area contributed by atoms with Gasteiger partial charge in [0.05, 0.1) is 23.3 Å². The predicted octanol–water partition coefficient (Wildman–Crippen LogP) is 0.977. The molecule has 8 heteroatoms. The van der Waals surface area contributed by atoms with Gasteiger partial charge in [0.15, 0.2) is 0 Å². The predicted molar refractivity (Wildman–Crippen MR) is 78.2 cm³/mol. The van der Waals surface area contributed by atoms with E-state index in [1.165, 1.54) is 31.6 Å². The molecule has 112 valence electrons. The number of aromatic amines is 1. The summed E-state index contributed by atoms with van der Waals surface area (Å²) in [6, 6.07) is 6.48. The van der Waals surface area contributed by atoms with E-state index in [2.05, 4.69) is 15.5 Å². The van der Waals surface area contributed by atoms with Crippen LogP contribution in [0.15, 0.2) is 41.6 Å². The minimum Gasteiger partial charge on any atom is -0.322 e. The van der Waals surface area contributed by atoms with Crippen molar-refractivity contribution in [2.24, 2.45) is 0 Å². The van der Waals surface area contributed by atoms with Gasteiger partial charge in [-0.15, -0.1) is 0 Å². The van der Waals surface area contributed by atoms with E-state index in [-0.39, 0.29) is 11.4 Å². The summed E-state index contributed by atoms with van der Waals surface area (Å²) >= 11 is 0. The molecule has 0 unspecified atom stereocenters. The lowest BCUT2D eigenvalue weighted by molar-refractivity contribution is -0.116. The number of aromatic nitrogens is 2. The molecule has 0 saturated heterocycles. The molecule has 0 radical (unpaired) electrons. The summed E-state index contributed by atoms with van der Waals surface area (Å²) in [5.41, 5.74) is 1.45. The van der Waals surface area contributed by atoms with E-state index in [0.717, 1.165) is 9.87 Å². The summed E-state index contributed by atoms with van der Waals surface area (Å²) in [7, 11) is -2.32. The summed E-state index contributed by atoms with van der Waals surface area (Å²) in [4.78, 5) is 12.0. The Kier molecular flexibility index (Phi) is 4.39. The van der Waals surface area contributed by atoms with E-state index in [0.29, 0.717) is 5.69 Å². The average Bonchev–Trinajstić information content (AvgIpc) is 2.91. The summed E-state index contributed by atoms with van der Waals surface area (Å²) < 4.78 is 25.6. The molecule has 0 bridgehead atoms.